The van der Waals surface area contributed by atoms with Crippen LogP contribution >= 0.6 is 0 Å². The van der Waals surface area contributed by atoms with Gasteiger partial charge in [0.15, 0.2) is 6.61 Å². The van der Waals surface area contributed by atoms with Gasteiger partial charge >= 0.3 is 0 Å². The number of carbonyl (C=O) groups is 2. The molecule has 4 N–H and O–H groups in total. The number of amides is 2. The first kappa shape index (κ1) is 16.8. The van der Waals surface area contributed by atoms with Crippen LogP contribution in [0.5, 0.6) is 5.75 Å². The van der Waals surface area contributed by atoms with Crippen LogP contribution in [0.15, 0.2) is 18.2 Å². The molecule has 0 bridgehead atoms. The minimum Gasteiger partial charge on any atom is -0.482 e. The average molecular weight is 293 g/mol. The lowest BCUT2D eigenvalue weighted by molar-refractivity contribution is -0.123. The highest BCUT2D eigenvalue weighted by Crippen LogP contribution is 2.22. The summed E-state index contributed by atoms with van der Waals surface area (Å²) in [5, 5.41) is 5.44. The van der Waals surface area contributed by atoms with Gasteiger partial charge in [-0.1, -0.05) is 13.8 Å². The quantitative estimate of drug-likeness (QED) is 0.658. The maximum absolute atomic E-state index is 11.7. The van der Waals surface area contributed by atoms with E-state index in [2.05, 4.69) is 10.6 Å². The molecular formula is C15H23N3O3. The van der Waals surface area contributed by atoms with Gasteiger partial charge in [-0.15, -0.1) is 0 Å². The molecule has 0 atom stereocenters. The third-order valence-electron chi connectivity index (χ3n) is 2.68. The number of hydrogen-bond acceptors (Lipinski definition) is 4. The van der Waals surface area contributed by atoms with Gasteiger partial charge in [-0.2, -0.15) is 0 Å². The molecule has 0 fully saturated rings. The second-order valence-electron chi connectivity index (χ2n) is 5.10. The van der Waals surface area contributed by atoms with Gasteiger partial charge in [0.05, 0.1) is 5.69 Å². The Labute approximate surface area is 125 Å². The van der Waals surface area contributed by atoms with Crippen LogP contribution in [0.25, 0.3) is 0 Å². The number of nitrogen functional groups attached to an aromatic ring is 1. The second-order valence-corrected chi connectivity index (χ2v) is 5.10. The molecular weight excluding hydrogens is 270 g/mol. The van der Waals surface area contributed by atoms with Crippen LogP contribution in [-0.2, 0) is 4.79 Å². The lowest BCUT2D eigenvalue weighted by atomic mass is 10.2. The van der Waals surface area contributed by atoms with Crippen molar-refractivity contribution in [1.82, 2.24) is 10.6 Å². The number of nitrogens with one attached hydrogen (secondary N) is 2. The number of anilines is 1. The highest BCUT2D eigenvalue weighted by atomic mass is 16.5. The number of ether oxygens (including phenoxy) is 1. The fraction of sp³-hybridized carbons (Fsp3) is 0.467. The summed E-state index contributed by atoms with van der Waals surface area (Å²) in [6.45, 7) is 6.86. The molecule has 6 heteroatoms. The first-order chi connectivity index (χ1) is 9.93. The Balaban J connectivity index is 2.63. The number of hydrogen-bond donors (Lipinski definition) is 3. The van der Waals surface area contributed by atoms with Crippen LogP contribution in [0.2, 0.25) is 0 Å². The van der Waals surface area contributed by atoms with Crippen molar-refractivity contribution in [3.8, 4) is 5.75 Å². The van der Waals surface area contributed by atoms with E-state index in [-0.39, 0.29) is 18.4 Å². The maximum atomic E-state index is 11.7. The highest BCUT2D eigenvalue weighted by molar-refractivity contribution is 5.95. The Bertz CT molecular complexity index is 501. The SMILES string of the molecule is CCNC(=O)c1ccc(N)c(OCC(=O)NCC(C)C)c1. The fourth-order valence-electron chi connectivity index (χ4n) is 1.58. The zero-order valence-corrected chi connectivity index (χ0v) is 12.7. The lowest BCUT2D eigenvalue weighted by Crippen LogP contribution is -2.31. The lowest BCUT2D eigenvalue weighted by Gasteiger charge is -2.11. The second kappa shape index (κ2) is 8.14. The van der Waals surface area contributed by atoms with Crippen molar-refractivity contribution < 1.29 is 14.3 Å². The summed E-state index contributed by atoms with van der Waals surface area (Å²) >= 11 is 0. The van der Waals surface area contributed by atoms with Gasteiger partial charge in [0.1, 0.15) is 5.75 Å². The molecule has 0 aromatic heterocycles. The van der Waals surface area contributed by atoms with Gasteiger partial charge in [-0.05, 0) is 31.0 Å². The van der Waals surface area contributed by atoms with Crippen molar-refractivity contribution in [2.75, 3.05) is 25.4 Å². The molecule has 1 rings (SSSR count). The van der Waals surface area contributed by atoms with Crippen LogP contribution in [-0.4, -0.2) is 31.5 Å². The molecule has 0 saturated carbocycles. The van der Waals surface area contributed by atoms with Crippen LogP contribution in [0.4, 0.5) is 5.69 Å². The molecule has 0 saturated heterocycles. The van der Waals surface area contributed by atoms with Gasteiger partial charge in [0.25, 0.3) is 11.8 Å². The van der Waals surface area contributed by atoms with Gasteiger partial charge in [-0.3, -0.25) is 9.59 Å². The Morgan fingerprint density at radius 1 is 1.29 bits per heavy atom. The molecule has 21 heavy (non-hydrogen) atoms. The van der Waals surface area contributed by atoms with E-state index in [0.29, 0.717) is 36.0 Å². The van der Waals surface area contributed by atoms with Gasteiger partial charge in [0, 0.05) is 18.7 Å². The van der Waals surface area contributed by atoms with Crippen molar-refractivity contribution >= 4 is 17.5 Å². The molecule has 116 valence electrons. The summed E-state index contributed by atoms with van der Waals surface area (Å²) in [4.78, 5) is 23.3. The van der Waals surface area contributed by atoms with E-state index in [4.69, 9.17) is 10.5 Å². The first-order valence-electron chi connectivity index (χ1n) is 7.01. The maximum Gasteiger partial charge on any atom is 0.257 e. The molecule has 1 aromatic carbocycles. The van der Waals surface area contributed by atoms with E-state index in [1.165, 1.54) is 6.07 Å². The Morgan fingerprint density at radius 3 is 2.62 bits per heavy atom. The molecule has 0 aliphatic rings. The smallest absolute Gasteiger partial charge is 0.257 e. The van der Waals surface area contributed by atoms with Crippen LogP contribution in [0.1, 0.15) is 31.1 Å². The first-order valence-corrected chi connectivity index (χ1v) is 7.01. The fourth-order valence-corrected chi connectivity index (χ4v) is 1.58. The zero-order chi connectivity index (χ0) is 15.8. The van der Waals surface area contributed by atoms with E-state index >= 15 is 0 Å². The zero-order valence-electron chi connectivity index (χ0n) is 12.7. The summed E-state index contributed by atoms with van der Waals surface area (Å²) in [6, 6.07) is 4.74. The van der Waals surface area contributed by atoms with Crippen molar-refractivity contribution in [1.29, 1.82) is 0 Å². The normalized spacial score (nSPS) is 10.3. The Hall–Kier alpha value is -2.24. The summed E-state index contributed by atoms with van der Waals surface area (Å²) in [5.74, 6) is 0.289. The van der Waals surface area contributed by atoms with Crippen LogP contribution < -0.4 is 21.1 Å². The third kappa shape index (κ3) is 5.72. The number of nitrogens with two attached hydrogens (primary N) is 1. The standard InChI is InChI=1S/C15H23N3O3/c1-4-17-15(20)11-5-6-12(16)13(7-11)21-9-14(19)18-8-10(2)3/h5-7,10H,4,8-9,16H2,1-3H3,(H,17,20)(H,18,19). The number of carbonyl (C=O) groups excluding carboxylic acids is 2. The summed E-state index contributed by atoms with van der Waals surface area (Å²) in [5.41, 5.74) is 6.62. The monoisotopic (exact) mass is 293 g/mol. The summed E-state index contributed by atoms with van der Waals surface area (Å²) in [6.07, 6.45) is 0. The van der Waals surface area contributed by atoms with Crippen molar-refractivity contribution in [3.05, 3.63) is 23.8 Å². The molecule has 0 radical (unpaired) electrons. The largest absolute Gasteiger partial charge is 0.482 e. The topological polar surface area (TPSA) is 93.5 Å². The molecule has 6 nitrogen and oxygen atoms in total. The van der Waals surface area contributed by atoms with Crippen molar-refractivity contribution in [2.24, 2.45) is 5.92 Å². The Kier molecular flexibility index (Phi) is 6.52. The molecule has 0 spiro atoms. The molecule has 2 amide bonds. The minimum absolute atomic E-state index is 0.129. The number of benzene rings is 1. The van der Waals surface area contributed by atoms with E-state index in [9.17, 15) is 9.59 Å². The summed E-state index contributed by atoms with van der Waals surface area (Å²) < 4.78 is 5.38. The number of rotatable bonds is 7. The Morgan fingerprint density at radius 2 is 2.00 bits per heavy atom. The molecule has 1 aromatic rings. The molecule has 0 heterocycles. The van der Waals surface area contributed by atoms with Crippen LogP contribution in [0, 0.1) is 5.92 Å². The molecule has 0 aliphatic heterocycles. The molecule has 0 unspecified atom stereocenters. The van der Waals surface area contributed by atoms with Crippen molar-refractivity contribution in [3.63, 3.8) is 0 Å². The minimum atomic E-state index is -0.216. The molecule has 0 aliphatic carbocycles. The van der Waals surface area contributed by atoms with Gasteiger partial charge < -0.3 is 21.1 Å². The average Bonchev–Trinajstić information content (AvgIpc) is 2.44. The van der Waals surface area contributed by atoms with Crippen molar-refractivity contribution in [2.45, 2.75) is 20.8 Å². The van der Waals surface area contributed by atoms with Gasteiger partial charge in [-0.25, -0.2) is 0 Å². The van der Waals surface area contributed by atoms with E-state index in [1.807, 2.05) is 20.8 Å². The predicted octanol–water partition coefficient (Wildman–Crippen LogP) is 1.17. The predicted molar refractivity (Wildman–Crippen MR) is 82.2 cm³/mol. The highest BCUT2D eigenvalue weighted by Gasteiger charge is 2.10. The van der Waals surface area contributed by atoms with Gasteiger partial charge in [0.2, 0.25) is 0 Å². The third-order valence-corrected chi connectivity index (χ3v) is 2.68. The summed E-state index contributed by atoms with van der Waals surface area (Å²) in [7, 11) is 0. The van der Waals surface area contributed by atoms with E-state index in [0.717, 1.165) is 0 Å². The van der Waals surface area contributed by atoms with E-state index < -0.39 is 0 Å². The van der Waals surface area contributed by atoms with Crippen LogP contribution in [0.3, 0.4) is 0 Å². The van der Waals surface area contributed by atoms with E-state index in [1.54, 1.807) is 12.1 Å².